The number of hydrogen-bond acceptors (Lipinski definition) is 4. The first-order valence-corrected chi connectivity index (χ1v) is 7.50. The molecule has 0 atom stereocenters. The normalized spacial score (nSPS) is 10.5. The van der Waals surface area contributed by atoms with Crippen molar-refractivity contribution in [2.45, 2.75) is 0 Å². The number of amides is 1. The molecule has 5 nitrogen and oxygen atoms in total. The second kappa shape index (κ2) is 8.26. The Bertz CT molecular complexity index is 759. The molecule has 0 saturated heterocycles. The molecular formula is C18H18ClNO4. The van der Waals surface area contributed by atoms with Crippen LogP contribution in [0.3, 0.4) is 0 Å². The minimum absolute atomic E-state index is 0.287. The van der Waals surface area contributed by atoms with Gasteiger partial charge in [-0.05, 0) is 35.9 Å². The van der Waals surface area contributed by atoms with Gasteiger partial charge in [-0.15, -0.1) is 0 Å². The second-order valence-corrected chi connectivity index (χ2v) is 5.17. The van der Waals surface area contributed by atoms with Gasteiger partial charge < -0.3 is 19.5 Å². The third-order valence-corrected chi connectivity index (χ3v) is 3.53. The van der Waals surface area contributed by atoms with E-state index in [0.717, 1.165) is 0 Å². The Labute approximate surface area is 145 Å². The van der Waals surface area contributed by atoms with Gasteiger partial charge in [0.1, 0.15) is 5.75 Å². The number of methoxy groups -OCH3 is 3. The third kappa shape index (κ3) is 4.20. The first-order valence-electron chi connectivity index (χ1n) is 7.12. The van der Waals surface area contributed by atoms with E-state index in [2.05, 4.69) is 5.32 Å². The molecule has 0 saturated carbocycles. The molecule has 0 radical (unpaired) electrons. The number of benzene rings is 2. The number of halogens is 1. The van der Waals surface area contributed by atoms with E-state index in [4.69, 9.17) is 25.8 Å². The Hall–Kier alpha value is -2.66. The maximum absolute atomic E-state index is 12.1. The summed E-state index contributed by atoms with van der Waals surface area (Å²) in [6.07, 6.45) is 3.04. The standard InChI is InChI=1S/C18H18ClNO4/c1-22-15-7-5-4-6-14(15)20-17(21)9-8-12-10-13(19)18(24-3)16(11-12)23-2/h4-11H,1-3H3,(H,20,21)/b9-8+. The molecule has 0 unspecified atom stereocenters. The highest BCUT2D eigenvalue weighted by atomic mass is 35.5. The molecule has 0 aliphatic heterocycles. The zero-order valence-corrected chi connectivity index (χ0v) is 14.4. The van der Waals surface area contributed by atoms with Gasteiger partial charge in [-0.1, -0.05) is 23.7 Å². The molecule has 0 aliphatic rings. The number of ether oxygens (including phenoxy) is 3. The summed E-state index contributed by atoms with van der Waals surface area (Å²) in [5.74, 6) is 1.25. The summed E-state index contributed by atoms with van der Waals surface area (Å²) < 4.78 is 15.6. The number of anilines is 1. The number of rotatable bonds is 6. The van der Waals surface area contributed by atoms with E-state index in [0.29, 0.717) is 33.5 Å². The molecule has 24 heavy (non-hydrogen) atoms. The lowest BCUT2D eigenvalue weighted by atomic mass is 10.2. The SMILES string of the molecule is COc1ccccc1NC(=O)/C=C/c1cc(Cl)c(OC)c(OC)c1. The molecular weight excluding hydrogens is 330 g/mol. The van der Waals surface area contributed by atoms with Crippen LogP contribution in [0.15, 0.2) is 42.5 Å². The average Bonchev–Trinajstić information content (AvgIpc) is 2.59. The molecule has 0 aromatic heterocycles. The number of carbonyl (C=O) groups excluding carboxylic acids is 1. The maximum atomic E-state index is 12.1. The van der Waals surface area contributed by atoms with Gasteiger partial charge in [-0.25, -0.2) is 0 Å². The topological polar surface area (TPSA) is 56.8 Å². The van der Waals surface area contributed by atoms with Crippen molar-refractivity contribution in [3.05, 3.63) is 53.1 Å². The number of hydrogen-bond donors (Lipinski definition) is 1. The van der Waals surface area contributed by atoms with E-state index in [-0.39, 0.29) is 5.91 Å². The van der Waals surface area contributed by atoms with Gasteiger partial charge in [0.15, 0.2) is 11.5 Å². The first-order chi connectivity index (χ1) is 11.6. The van der Waals surface area contributed by atoms with Gasteiger partial charge in [0.2, 0.25) is 5.91 Å². The van der Waals surface area contributed by atoms with Crippen LogP contribution in [0.5, 0.6) is 17.2 Å². The summed E-state index contributed by atoms with van der Waals surface area (Å²) >= 11 is 6.14. The Morgan fingerprint density at radius 1 is 1.04 bits per heavy atom. The van der Waals surface area contributed by atoms with Crippen LogP contribution in [-0.4, -0.2) is 27.2 Å². The van der Waals surface area contributed by atoms with Crippen LogP contribution in [0.4, 0.5) is 5.69 Å². The molecule has 0 heterocycles. The lowest BCUT2D eigenvalue weighted by molar-refractivity contribution is -0.111. The van der Waals surface area contributed by atoms with Gasteiger partial charge in [-0.2, -0.15) is 0 Å². The average molecular weight is 348 g/mol. The molecule has 0 bridgehead atoms. The molecule has 0 spiro atoms. The van der Waals surface area contributed by atoms with Crippen LogP contribution < -0.4 is 19.5 Å². The number of carbonyl (C=O) groups is 1. The van der Waals surface area contributed by atoms with Gasteiger partial charge >= 0.3 is 0 Å². The summed E-state index contributed by atoms with van der Waals surface area (Å²) in [6.45, 7) is 0. The van der Waals surface area contributed by atoms with Crippen LogP contribution in [0.2, 0.25) is 5.02 Å². The lowest BCUT2D eigenvalue weighted by Crippen LogP contribution is -2.08. The number of para-hydroxylation sites is 2. The van der Waals surface area contributed by atoms with Crippen molar-refractivity contribution in [3.63, 3.8) is 0 Å². The molecule has 0 aliphatic carbocycles. The molecule has 0 fully saturated rings. The Morgan fingerprint density at radius 2 is 1.75 bits per heavy atom. The molecule has 126 valence electrons. The summed E-state index contributed by atoms with van der Waals surface area (Å²) in [5, 5.41) is 3.16. The van der Waals surface area contributed by atoms with Crippen molar-refractivity contribution >= 4 is 29.3 Å². The fourth-order valence-electron chi connectivity index (χ4n) is 2.13. The summed E-state index contributed by atoms with van der Waals surface area (Å²) in [4.78, 5) is 12.1. The highest BCUT2D eigenvalue weighted by Crippen LogP contribution is 2.36. The van der Waals surface area contributed by atoms with Crippen LogP contribution in [0, 0.1) is 0 Å². The minimum Gasteiger partial charge on any atom is -0.495 e. The van der Waals surface area contributed by atoms with E-state index < -0.39 is 0 Å². The van der Waals surface area contributed by atoms with E-state index >= 15 is 0 Å². The summed E-state index contributed by atoms with van der Waals surface area (Å²) in [7, 11) is 4.59. The third-order valence-electron chi connectivity index (χ3n) is 3.25. The Kier molecular flexibility index (Phi) is 6.09. The van der Waals surface area contributed by atoms with Crippen molar-refractivity contribution in [2.24, 2.45) is 0 Å². The highest BCUT2D eigenvalue weighted by molar-refractivity contribution is 6.32. The van der Waals surface area contributed by atoms with Gasteiger partial charge in [-0.3, -0.25) is 4.79 Å². The van der Waals surface area contributed by atoms with E-state index in [1.54, 1.807) is 37.5 Å². The van der Waals surface area contributed by atoms with Crippen molar-refractivity contribution in [1.29, 1.82) is 0 Å². The molecule has 1 N–H and O–H groups in total. The monoisotopic (exact) mass is 347 g/mol. The molecule has 2 aromatic carbocycles. The zero-order valence-electron chi connectivity index (χ0n) is 13.6. The van der Waals surface area contributed by atoms with E-state index in [1.807, 2.05) is 12.1 Å². The van der Waals surface area contributed by atoms with Gasteiger partial charge in [0, 0.05) is 6.08 Å². The zero-order chi connectivity index (χ0) is 17.5. The highest BCUT2D eigenvalue weighted by Gasteiger charge is 2.10. The predicted octanol–water partition coefficient (Wildman–Crippen LogP) is 4.02. The Balaban J connectivity index is 2.15. The second-order valence-electron chi connectivity index (χ2n) is 4.76. The first kappa shape index (κ1) is 17.7. The number of nitrogens with one attached hydrogen (secondary N) is 1. The van der Waals surface area contributed by atoms with Crippen molar-refractivity contribution in [1.82, 2.24) is 0 Å². The summed E-state index contributed by atoms with van der Waals surface area (Å²) in [6, 6.07) is 10.6. The quantitative estimate of drug-likeness (QED) is 0.802. The van der Waals surface area contributed by atoms with E-state index in [1.165, 1.54) is 20.3 Å². The van der Waals surface area contributed by atoms with Crippen LogP contribution in [0.1, 0.15) is 5.56 Å². The van der Waals surface area contributed by atoms with Crippen molar-refractivity contribution in [2.75, 3.05) is 26.6 Å². The lowest BCUT2D eigenvalue weighted by Gasteiger charge is -2.10. The Morgan fingerprint density at radius 3 is 2.42 bits per heavy atom. The fourth-order valence-corrected chi connectivity index (χ4v) is 2.42. The predicted molar refractivity (Wildman–Crippen MR) is 95.2 cm³/mol. The smallest absolute Gasteiger partial charge is 0.248 e. The van der Waals surface area contributed by atoms with Crippen LogP contribution >= 0.6 is 11.6 Å². The summed E-state index contributed by atoms with van der Waals surface area (Å²) in [5.41, 5.74) is 1.31. The molecule has 2 aromatic rings. The van der Waals surface area contributed by atoms with Crippen molar-refractivity contribution < 1.29 is 19.0 Å². The van der Waals surface area contributed by atoms with E-state index in [9.17, 15) is 4.79 Å². The maximum Gasteiger partial charge on any atom is 0.248 e. The van der Waals surface area contributed by atoms with Crippen LogP contribution in [-0.2, 0) is 4.79 Å². The van der Waals surface area contributed by atoms with Crippen LogP contribution in [0.25, 0.3) is 6.08 Å². The molecule has 1 amide bonds. The fraction of sp³-hybridized carbons (Fsp3) is 0.167. The van der Waals surface area contributed by atoms with Gasteiger partial charge in [0.05, 0.1) is 32.0 Å². The minimum atomic E-state index is -0.287. The molecule has 6 heteroatoms. The van der Waals surface area contributed by atoms with Gasteiger partial charge in [0.25, 0.3) is 0 Å². The van der Waals surface area contributed by atoms with Crippen molar-refractivity contribution in [3.8, 4) is 17.2 Å². The largest absolute Gasteiger partial charge is 0.495 e. The molecule has 2 rings (SSSR count).